The second-order valence-electron chi connectivity index (χ2n) is 7.96. The fourth-order valence-corrected chi connectivity index (χ4v) is 4.15. The van der Waals surface area contributed by atoms with Gasteiger partial charge < -0.3 is 11.1 Å². The highest BCUT2D eigenvalue weighted by atomic mass is 16.2. The van der Waals surface area contributed by atoms with Crippen LogP contribution in [-0.4, -0.2) is 42.0 Å². The van der Waals surface area contributed by atoms with E-state index in [0.717, 1.165) is 31.8 Å². The standard InChI is InChI=1S/C18H30N4O/c19-12-18(8-9-22(13-18)11-15-6-7-15)21-17(23)16(20)10-14-4-2-1-3-5-14/h14-16H,1-11,13,20H2,(H,21,23). The molecule has 5 heteroatoms. The number of hydrogen-bond donors (Lipinski definition) is 2. The summed E-state index contributed by atoms with van der Waals surface area (Å²) in [6, 6.07) is 1.89. The normalized spacial score (nSPS) is 30.8. The Hall–Kier alpha value is -1.12. The van der Waals surface area contributed by atoms with Crippen LogP contribution in [0.2, 0.25) is 0 Å². The third-order valence-electron chi connectivity index (χ3n) is 5.79. The van der Waals surface area contributed by atoms with Gasteiger partial charge in [-0.25, -0.2) is 0 Å². The molecule has 0 radical (unpaired) electrons. The largest absolute Gasteiger partial charge is 0.335 e. The second-order valence-corrected chi connectivity index (χ2v) is 7.96. The Morgan fingerprint density at radius 3 is 2.65 bits per heavy atom. The first-order valence-electron chi connectivity index (χ1n) is 9.31. The van der Waals surface area contributed by atoms with Gasteiger partial charge in [0, 0.05) is 19.6 Å². The number of rotatable bonds is 6. The molecule has 3 N–H and O–H groups in total. The lowest BCUT2D eigenvalue weighted by molar-refractivity contribution is -0.124. The summed E-state index contributed by atoms with van der Waals surface area (Å²) in [5.74, 6) is 1.26. The fourth-order valence-electron chi connectivity index (χ4n) is 4.15. The zero-order valence-electron chi connectivity index (χ0n) is 14.1. The molecule has 5 nitrogen and oxygen atoms in total. The van der Waals surface area contributed by atoms with Gasteiger partial charge in [-0.15, -0.1) is 0 Å². The highest BCUT2D eigenvalue weighted by molar-refractivity contribution is 5.82. The molecule has 1 saturated heterocycles. The quantitative estimate of drug-likeness (QED) is 0.782. The van der Waals surface area contributed by atoms with E-state index in [4.69, 9.17) is 5.73 Å². The van der Waals surface area contributed by atoms with E-state index in [9.17, 15) is 10.1 Å². The highest BCUT2D eigenvalue weighted by Gasteiger charge is 2.42. The molecular weight excluding hydrogens is 288 g/mol. The predicted octanol–water partition coefficient (Wildman–Crippen LogP) is 1.78. The van der Waals surface area contributed by atoms with Crippen molar-refractivity contribution in [2.75, 3.05) is 19.6 Å². The zero-order chi connectivity index (χ0) is 16.3. The molecule has 3 fully saturated rings. The number of nitriles is 1. The molecule has 0 aromatic rings. The van der Waals surface area contributed by atoms with Crippen molar-refractivity contribution in [2.24, 2.45) is 17.6 Å². The summed E-state index contributed by atoms with van der Waals surface area (Å²) in [6.45, 7) is 2.64. The summed E-state index contributed by atoms with van der Waals surface area (Å²) in [5, 5.41) is 12.6. The third-order valence-corrected chi connectivity index (χ3v) is 5.79. The molecule has 1 heterocycles. The molecule has 0 aromatic heterocycles. The molecular formula is C18H30N4O. The number of nitrogens with two attached hydrogens (primary N) is 1. The van der Waals surface area contributed by atoms with E-state index in [1.54, 1.807) is 0 Å². The van der Waals surface area contributed by atoms with E-state index in [-0.39, 0.29) is 5.91 Å². The molecule has 0 aromatic carbocycles. The van der Waals surface area contributed by atoms with Crippen molar-refractivity contribution in [3.8, 4) is 6.07 Å². The van der Waals surface area contributed by atoms with E-state index >= 15 is 0 Å². The average Bonchev–Trinajstić information content (AvgIpc) is 3.28. The summed E-state index contributed by atoms with van der Waals surface area (Å²) in [4.78, 5) is 14.8. The van der Waals surface area contributed by atoms with Crippen LogP contribution in [0.15, 0.2) is 0 Å². The summed E-state index contributed by atoms with van der Waals surface area (Å²) in [7, 11) is 0. The monoisotopic (exact) mass is 318 g/mol. The smallest absolute Gasteiger partial charge is 0.238 e. The molecule has 2 aliphatic carbocycles. The number of carbonyl (C=O) groups is 1. The summed E-state index contributed by atoms with van der Waals surface area (Å²) >= 11 is 0. The minimum Gasteiger partial charge on any atom is -0.335 e. The molecule has 0 spiro atoms. The van der Waals surface area contributed by atoms with Crippen LogP contribution >= 0.6 is 0 Å². The van der Waals surface area contributed by atoms with Crippen LogP contribution in [-0.2, 0) is 4.79 Å². The van der Waals surface area contributed by atoms with E-state index in [0.29, 0.717) is 12.5 Å². The van der Waals surface area contributed by atoms with E-state index in [1.807, 2.05) is 0 Å². The van der Waals surface area contributed by atoms with Crippen LogP contribution < -0.4 is 11.1 Å². The van der Waals surface area contributed by atoms with Gasteiger partial charge in [0.15, 0.2) is 0 Å². The first-order valence-corrected chi connectivity index (χ1v) is 9.31. The van der Waals surface area contributed by atoms with Gasteiger partial charge >= 0.3 is 0 Å². The van der Waals surface area contributed by atoms with Gasteiger partial charge in [0.1, 0.15) is 5.54 Å². The van der Waals surface area contributed by atoms with Crippen LogP contribution in [0.5, 0.6) is 0 Å². The van der Waals surface area contributed by atoms with Crippen LogP contribution in [0.1, 0.15) is 57.8 Å². The highest BCUT2D eigenvalue weighted by Crippen LogP contribution is 2.32. The molecule has 3 rings (SSSR count). The number of nitrogens with one attached hydrogen (secondary N) is 1. The average molecular weight is 318 g/mol. The lowest BCUT2D eigenvalue weighted by Gasteiger charge is -2.28. The minimum atomic E-state index is -0.726. The van der Waals surface area contributed by atoms with Gasteiger partial charge in [0.25, 0.3) is 0 Å². The van der Waals surface area contributed by atoms with Crippen molar-refractivity contribution in [1.29, 1.82) is 5.26 Å². The van der Waals surface area contributed by atoms with Gasteiger partial charge in [0.2, 0.25) is 5.91 Å². The second kappa shape index (κ2) is 7.19. The number of amides is 1. The van der Waals surface area contributed by atoms with E-state index in [2.05, 4.69) is 16.3 Å². The molecule has 1 amide bonds. The van der Waals surface area contributed by atoms with Crippen molar-refractivity contribution < 1.29 is 4.79 Å². The van der Waals surface area contributed by atoms with Crippen molar-refractivity contribution in [1.82, 2.24) is 10.2 Å². The lowest BCUT2D eigenvalue weighted by Crippen LogP contribution is -2.54. The maximum absolute atomic E-state index is 12.5. The Balaban J connectivity index is 1.49. The van der Waals surface area contributed by atoms with Crippen LogP contribution in [0.4, 0.5) is 0 Å². The van der Waals surface area contributed by atoms with Gasteiger partial charge in [-0.05, 0) is 37.5 Å². The maximum Gasteiger partial charge on any atom is 0.238 e. The van der Waals surface area contributed by atoms with Gasteiger partial charge in [-0.3, -0.25) is 9.69 Å². The molecule has 128 valence electrons. The fraction of sp³-hybridized carbons (Fsp3) is 0.889. The van der Waals surface area contributed by atoms with Crippen molar-refractivity contribution in [3.63, 3.8) is 0 Å². The summed E-state index contributed by atoms with van der Waals surface area (Å²) < 4.78 is 0. The minimum absolute atomic E-state index is 0.134. The molecule has 2 saturated carbocycles. The van der Waals surface area contributed by atoms with Crippen LogP contribution in [0, 0.1) is 23.2 Å². The van der Waals surface area contributed by atoms with E-state index < -0.39 is 11.6 Å². The van der Waals surface area contributed by atoms with Crippen LogP contribution in [0.25, 0.3) is 0 Å². The molecule has 2 unspecified atom stereocenters. The Bertz CT molecular complexity index is 464. The maximum atomic E-state index is 12.5. The summed E-state index contributed by atoms with van der Waals surface area (Å²) in [5.41, 5.74) is 5.40. The van der Waals surface area contributed by atoms with E-state index in [1.165, 1.54) is 44.9 Å². The molecule has 23 heavy (non-hydrogen) atoms. The van der Waals surface area contributed by atoms with Crippen molar-refractivity contribution >= 4 is 5.91 Å². The number of carbonyl (C=O) groups excluding carboxylic acids is 1. The number of hydrogen-bond acceptors (Lipinski definition) is 4. The topological polar surface area (TPSA) is 82.1 Å². The Labute approximate surface area is 139 Å². The lowest BCUT2D eigenvalue weighted by atomic mass is 9.84. The first kappa shape index (κ1) is 16.7. The Kier molecular flexibility index (Phi) is 5.23. The van der Waals surface area contributed by atoms with Crippen molar-refractivity contribution in [2.45, 2.75) is 69.4 Å². The summed E-state index contributed by atoms with van der Waals surface area (Å²) in [6.07, 6.45) is 10.3. The zero-order valence-corrected chi connectivity index (χ0v) is 14.1. The molecule has 1 aliphatic heterocycles. The number of likely N-dealkylation sites (tertiary alicyclic amines) is 1. The molecule has 2 atom stereocenters. The third kappa shape index (κ3) is 4.45. The Morgan fingerprint density at radius 2 is 2.00 bits per heavy atom. The van der Waals surface area contributed by atoms with Gasteiger partial charge in [-0.1, -0.05) is 32.1 Å². The first-order chi connectivity index (χ1) is 11.1. The molecule has 0 bridgehead atoms. The van der Waals surface area contributed by atoms with Crippen molar-refractivity contribution in [3.05, 3.63) is 0 Å². The SMILES string of the molecule is N#CC1(NC(=O)C(N)CC2CCCCC2)CCN(CC2CC2)C1. The van der Waals surface area contributed by atoms with Crippen LogP contribution in [0.3, 0.4) is 0 Å². The van der Waals surface area contributed by atoms with Gasteiger partial charge in [0.05, 0.1) is 12.1 Å². The van der Waals surface area contributed by atoms with Gasteiger partial charge in [-0.2, -0.15) is 5.26 Å². The molecule has 3 aliphatic rings. The number of nitrogens with zero attached hydrogens (tertiary/aromatic N) is 2. The Morgan fingerprint density at radius 1 is 1.26 bits per heavy atom. The predicted molar refractivity (Wildman–Crippen MR) is 89.4 cm³/mol.